The van der Waals surface area contributed by atoms with Crippen LogP contribution < -0.4 is 0 Å². The summed E-state index contributed by atoms with van der Waals surface area (Å²) in [6.45, 7) is 4.25. The number of carbonyl (C=O) groups excluding carboxylic acids is 1. The van der Waals surface area contributed by atoms with Crippen molar-refractivity contribution in [1.82, 2.24) is 14.7 Å². The molecule has 1 aromatic heterocycles. The van der Waals surface area contributed by atoms with Gasteiger partial charge in [-0.1, -0.05) is 0 Å². The van der Waals surface area contributed by atoms with Crippen molar-refractivity contribution >= 4 is 5.91 Å². The maximum atomic E-state index is 12.6. The summed E-state index contributed by atoms with van der Waals surface area (Å²) in [5.74, 6) is -0.00413. The first-order chi connectivity index (χ1) is 10.6. The van der Waals surface area contributed by atoms with Gasteiger partial charge in [0.2, 0.25) is 0 Å². The van der Waals surface area contributed by atoms with Gasteiger partial charge in [0.1, 0.15) is 0 Å². The highest BCUT2D eigenvalue weighted by Gasteiger charge is 2.43. The number of aliphatic hydroxyl groups is 1. The van der Waals surface area contributed by atoms with Crippen LogP contribution in [0.25, 0.3) is 0 Å². The number of hydrogen-bond acceptors (Lipinski definition) is 4. The number of aliphatic hydroxyl groups excluding tert-OH is 1. The van der Waals surface area contributed by atoms with Gasteiger partial charge in [-0.05, 0) is 32.6 Å². The van der Waals surface area contributed by atoms with Crippen LogP contribution in [0.4, 0.5) is 0 Å². The summed E-state index contributed by atoms with van der Waals surface area (Å²) in [4.78, 5) is 14.4. The normalized spacial score (nSPS) is 20.9. The zero-order valence-corrected chi connectivity index (χ0v) is 13.4. The van der Waals surface area contributed by atoms with Gasteiger partial charge in [-0.2, -0.15) is 5.10 Å². The molecule has 3 rings (SSSR count). The summed E-state index contributed by atoms with van der Waals surface area (Å²) < 4.78 is 7.36. The van der Waals surface area contributed by atoms with Crippen LogP contribution in [-0.2, 0) is 4.74 Å². The van der Waals surface area contributed by atoms with E-state index in [1.807, 2.05) is 18.7 Å². The third-order valence-corrected chi connectivity index (χ3v) is 5.02. The maximum Gasteiger partial charge on any atom is 0.257 e. The van der Waals surface area contributed by atoms with E-state index in [0.29, 0.717) is 18.2 Å². The molecule has 0 aromatic carbocycles. The van der Waals surface area contributed by atoms with E-state index >= 15 is 0 Å². The fourth-order valence-corrected chi connectivity index (χ4v) is 3.25. The van der Waals surface area contributed by atoms with E-state index in [4.69, 9.17) is 4.74 Å². The average Bonchev–Trinajstić information content (AvgIpc) is 3.21. The standard InChI is InChI=1S/C16H25N3O3/c1-12-14(9-17-19(12)13-3-7-22-8-4-13)15(21)18(2)10-16(11-20)5-6-16/h9,13,20H,3-8,10-11H2,1-2H3. The van der Waals surface area contributed by atoms with Gasteiger partial charge in [-0.15, -0.1) is 0 Å². The maximum absolute atomic E-state index is 12.6. The molecule has 0 bridgehead atoms. The van der Waals surface area contributed by atoms with Gasteiger partial charge in [0.05, 0.1) is 24.4 Å². The van der Waals surface area contributed by atoms with Crippen molar-refractivity contribution in [1.29, 1.82) is 0 Å². The molecule has 0 unspecified atom stereocenters. The largest absolute Gasteiger partial charge is 0.396 e. The molecule has 1 N–H and O–H groups in total. The van der Waals surface area contributed by atoms with Crippen molar-refractivity contribution in [3.05, 3.63) is 17.5 Å². The lowest BCUT2D eigenvalue weighted by molar-refractivity contribution is 0.0655. The summed E-state index contributed by atoms with van der Waals surface area (Å²) in [6.07, 6.45) is 5.57. The molecule has 2 fully saturated rings. The Labute approximate surface area is 131 Å². The summed E-state index contributed by atoms with van der Waals surface area (Å²) in [5, 5.41) is 13.9. The zero-order valence-electron chi connectivity index (χ0n) is 13.4. The molecule has 1 saturated carbocycles. The molecule has 0 spiro atoms. The highest BCUT2D eigenvalue weighted by molar-refractivity contribution is 5.95. The first kappa shape index (κ1) is 15.5. The molecule has 1 aliphatic carbocycles. The van der Waals surface area contributed by atoms with Gasteiger partial charge >= 0.3 is 0 Å². The quantitative estimate of drug-likeness (QED) is 0.892. The molecular formula is C16H25N3O3. The second-order valence-corrected chi connectivity index (χ2v) is 6.75. The highest BCUT2D eigenvalue weighted by atomic mass is 16.5. The molecule has 2 aliphatic rings. The Morgan fingerprint density at radius 3 is 2.77 bits per heavy atom. The van der Waals surface area contributed by atoms with E-state index in [9.17, 15) is 9.90 Å². The summed E-state index contributed by atoms with van der Waals surface area (Å²) in [6, 6.07) is 0.327. The third kappa shape index (κ3) is 2.90. The van der Waals surface area contributed by atoms with E-state index in [-0.39, 0.29) is 17.9 Å². The number of aromatic nitrogens is 2. The van der Waals surface area contributed by atoms with Crippen LogP contribution in [0, 0.1) is 12.3 Å². The van der Waals surface area contributed by atoms with E-state index < -0.39 is 0 Å². The SMILES string of the molecule is Cc1c(C(=O)N(C)CC2(CO)CC2)cnn1C1CCOCC1. The molecule has 6 nitrogen and oxygen atoms in total. The molecule has 6 heteroatoms. The van der Waals surface area contributed by atoms with Crippen LogP contribution in [0.3, 0.4) is 0 Å². The third-order valence-electron chi connectivity index (χ3n) is 5.02. The number of carbonyl (C=O) groups is 1. The molecule has 1 amide bonds. The van der Waals surface area contributed by atoms with Crippen molar-refractivity contribution in [2.75, 3.05) is 33.4 Å². The van der Waals surface area contributed by atoms with Crippen LogP contribution in [-0.4, -0.2) is 59.1 Å². The Balaban J connectivity index is 1.71. The Hall–Kier alpha value is -1.40. The second-order valence-electron chi connectivity index (χ2n) is 6.75. The van der Waals surface area contributed by atoms with E-state index in [0.717, 1.165) is 44.6 Å². The number of hydrogen-bond donors (Lipinski definition) is 1. The molecule has 2 heterocycles. The topological polar surface area (TPSA) is 67.6 Å². The van der Waals surface area contributed by atoms with Gasteiger partial charge in [-0.25, -0.2) is 0 Å². The van der Waals surface area contributed by atoms with Crippen LogP contribution in [0.5, 0.6) is 0 Å². The Morgan fingerprint density at radius 2 is 2.18 bits per heavy atom. The summed E-state index contributed by atoms with van der Waals surface area (Å²) >= 11 is 0. The molecule has 22 heavy (non-hydrogen) atoms. The minimum atomic E-state index is -0.0605. The zero-order chi connectivity index (χ0) is 15.7. The first-order valence-electron chi connectivity index (χ1n) is 8.04. The fraction of sp³-hybridized carbons (Fsp3) is 0.750. The lowest BCUT2D eigenvalue weighted by Crippen LogP contribution is -2.34. The Kier molecular flexibility index (Phi) is 4.23. The second kappa shape index (κ2) is 6.01. The van der Waals surface area contributed by atoms with Crippen LogP contribution in [0.2, 0.25) is 0 Å². The van der Waals surface area contributed by atoms with E-state index in [1.165, 1.54) is 0 Å². The van der Waals surface area contributed by atoms with Crippen molar-refractivity contribution in [2.24, 2.45) is 5.41 Å². The molecular weight excluding hydrogens is 282 g/mol. The molecule has 122 valence electrons. The molecule has 1 aromatic rings. The Morgan fingerprint density at radius 1 is 1.50 bits per heavy atom. The van der Waals surface area contributed by atoms with Crippen molar-refractivity contribution < 1.29 is 14.6 Å². The smallest absolute Gasteiger partial charge is 0.257 e. The molecule has 1 saturated heterocycles. The predicted octanol–water partition coefficient (Wildman–Crippen LogP) is 1.39. The van der Waals surface area contributed by atoms with Crippen molar-refractivity contribution in [3.8, 4) is 0 Å². The molecule has 1 aliphatic heterocycles. The lowest BCUT2D eigenvalue weighted by Gasteiger charge is -2.24. The minimum Gasteiger partial charge on any atom is -0.396 e. The van der Waals surface area contributed by atoms with Crippen molar-refractivity contribution in [2.45, 2.75) is 38.6 Å². The van der Waals surface area contributed by atoms with E-state index in [1.54, 1.807) is 11.1 Å². The van der Waals surface area contributed by atoms with Gasteiger partial charge in [0.15, 0.2) is 0 Å². The number of nitrogens with zero attached hydrogens (tertiary/aromatic N) is 3. The molecule has 0 atom stereocenters. The summed E-state index contributed by atoms with van der Waals surface area (Å²) in [5.41, 5.74) is 1.54. The monoisotopic (exact) mass is 307 g/mol. The minimum absolute atomic E-state index is 0.00413. The van der Waals surface area contributed by atoms with Crippen LogP contribution >= 0.6 is 0 Å². The number of ether oxygens (including phenoxy) is 1. The number of amides is 1. The van der Waals surface area contributed by atoms with Gasteiger partial charge < -0.3 is 14.7 Å². The van der Waals surface area contributed by atoms with Gasteiger partial charge in [0, 0.05) is 37.9 Å². The van der Waals surface area contributed by atoms with Crippen LogP contribution in [0.15, 0.2) is 6.20 Å². The van der Waals surface area contributed by atoms with Gasteiger partial charge in [-0.3, -0.25) is 9.48 Å². The van der Waals surface area contributed by atoms with Crippen LogP contribution in [0.1, 0.15) is 47.8 Å². The first-order valence-corrected chi connectivity index (χ1v) is 8.04. The van der Waals surface area contributed by atoms with Crippen molar-refractivity contribution in [3.63, 3.8) is 0 Å². The molecule has 0 radical (unpaired) electrons. The predicted molar refractivity (Wildman–Crippen MR) is 81.8 cm³/mol. The highest BCUT2D eigenvalue weighted by Crippen LogP contribution is 2.45. The number of rotatable bonds is 5. The average molecular weight is 307 g/mol. The van der Waals surface area contributed by atoms with E-state index in [2.05, 4.69) is 5.10 Å². The van der Waals surface area contributed by atoms with Gasteiger partial charge in [0.25, 0.3) is 5.91 Å². The lowest BCUT2D eigenvalue weighted by atomic mass is 10.1. The fourth-order valence-electron chi connectivity index (χ4n) is 3.25. The summed E-state index contributed by atoms with van der Waals surface area (Å²) in [7, 11) is 1.81. The Bertz CT molecular complexity index is 545.